The summed E-state index contributed by atoms with van der Waals surface area (Å²) in [6, 6.07) is 15.8. The van der Waals surface area contributed by atoms with Crippen molar-refractivity contribution >= 4 is 32.9 Å². The third-order valence-electron chi connectivity index (χ3n) is 4.38. The molecule has 27 heavy (non-hydrogen) atoms. The van der Waals surface area contributed by atoms with Crippen molar-refractivity contribution in [2.75, 3.05) is 17.8 Å². The van der Waals surface area contributed by atoms with Gasteiger partial charge in [0.2, 0.25) is 6.20 Å². The molecule has 0 aliphatic carbocycles. The van der Waals surface area contributed by atoms with E-state index in [9.17, 15) is 13.0 Å². The number of aromatic nitrogens is 2. The van der Waals surface area contributed by atoms with Crippen LogP contribution in [0.3, 0.4) is 0 Å². The summed E-state index contributed by atoms with van der Waals surface area (Å²) < 4.78 is 36.3. The Morgan fingerprint density at radius 3 is 2.63 bits per heavy atom. The molecule has 142 valence electrons. The summed E-state index contributed by atoms with van der Waals surface area (Å²) in [6.45, 7) is 0.452. The maximum atomic E-state index is 10.8. The topological polar surface area (TPSA) is 81.6 Å². The highest BCUT2D eigenvalue weighted by Crippen LogP contribution is 2.17. The average Bonchev–Trinajstić information content (AvgIpc) is 2.96. The van der Waals surface area contributed by atoms with Crippen LogP contribution < -0.4 is 9.69 Å². The molecule has 0 radical (unpaired) electrons. The highest BCUT2D eigenvalue weighted by atomic mass is 32.2. The lowest BCUT2D eigenvalue weighted by atomic mass is 10.1. The van der Waals surface area contributed by atoms with Crippen LogP contribution in [0.4, 0.5) is 5.69 Å². The van der Waals surface area contributed by atoms with E-state index in [1.165, 1.54) is 0 Å². The van der Waals surface area contributed by atoms with Crippen LogP contribution in [0.5, 0.6) is 0 Å². The van der Waals surface area contributed by atoms with Gasteiger partial charge in [0.1, 0.15) is 5.52 Å². The second-order valence-corrected chi connectivity index (χ2v) is 7.84. The predicted molar refractivity (Wildman–Crippen MR) is 105 cm³/mol. The van der Waals surface area contributed by atoms with E-state index in [0.29, 0.717) is 6.54 Å². The molecule has 0 N–H and O–H groups in total. The highest BCUT2D eigenvalue weighted by molar-refractivity contribution is 7.85. The zero-order valence-electron chi connectivity index (χ0n) is 15.3. The number of hydrogen-bond acceptors (Lipinski definition) is 5. The smallest absolute Gasteiger partial charge is 0.203 e. The molecule has 0 atom stereocenters. The second-order valence-electron chi connectivity index (χ2n) is 6.32. The average molecular weight is 386 g/mol. The van der Waals surface area contributed by atoms with Gasteiger partial charge >= 0.3 is 0 Å². The van der Waals surface area contributed by atoms with Gasteiger partial charge in [0.25, 0.3) is 0 Å². The molecule has 0 aliphatic rings. The SMILES string of the molecule is CN(/N=C/c1cccc2c[n+](CCCS(=O)(=O)[O-])n(C)c12)c1ccccc1. The quantitative estimate of drug-likeness (QED) is 0.269. The third kappa shape index (κ3) is 4.72. The fourth-order valence-corrected chi connectivity index (χ4v) is 3.50. The minimum atomic E-state index is -4.19. The van der Waals surface area contributed by atoms with E-state index < -0.39 is 10.1 Å². The van der Waals surface area contributed by atoms with E-state index in [1.807, 2.05) is 84.4 Å². The Kier molecular flexibility index (Phi) is 5.57. The molecule has 0 aliphatic heterocycles. The Bertz CT molecular complexity index is 1060. The van der Waals surface area contributed by atoms with Crippen molar-refractivity contribution in [3.63, 3.8) is 0 Å². The van der Waals surface area contributed by atoms with Gasteiger partial charge in [0.15, 0.2) is 6.54 Å². The zero-order chi connectivity index (χ0) is 19.4. The van der Waals surface area contributed by atoms with Crippen LogP contribution >= 0.6 is 0 Å². The molecular weight excluding hydrogens is 364 g/mol. The van der Waals surface area contributed by atoms with Crippen LogP contribution in [0.2, 0.25) is 0 Å². The summed E-state index contributed by atoms with van der Waals surface area (Å²) in [7, 11) is -0.391. The lowest BCUT2D eigenvalue weighted by Crippen LogP contribution is -2.41. The molecule has 0 fully saturated rings. The van der Waals surface area contributed by atoms with Gasteiger partial charge in [-0.25, -0.2) is 8.42 Å². The number of hydrogen-bond donors (Lipinski definition) is 0. The van der Waals surface area contributed by atoms with Crippen LogP contribution in [-0.4, -0.2) is 36.7 Å². The number of aryl methyl sites for hydroxylation is 2. The van der Waals surface area contributed by atoms with Crippen molar-refractivity contribution < 1.29 is 17.7 Å². The monoisotopic (exact) mass is 386 g/mol. The van der Waals surface area contributed by atoms with Crippen molar-refractivity contribution in [2.45, 2.75) is 13.0 Å². The summed E-state index contributed by atoms with van der Waals surface area (Å²) >= 11 is 0. The normalized spacial score (nSPS) is 12.1. The third-order valence-corrected chi connectivity index (χ3v) is 5.17. The van der Waals surface area contributed by atoms with Crippen LogP contribution in [0.15, 0.2) is 59.8 Å². The standard InChI is InChI=1S/C19H22N4O3S/c1-21(18-10-4-3-5-11-18)20-14-16-8-6-9-17-15-23(22(2)19(16)17)12-7-13-27(24,25)26/h3-6,8-11,14-15H,7,12-13H2,1-2H3/b20-14+. The number of para-hydroxylation sites is 2. The Hall–Kier alpha value is -2.71. The zero-order valence-corrected chi connectivity index (χ0v) is 16.1. The van der Waals surface area contributed by atoms with E-state index in [0.717, 1.165) is 22.2 Å². The van der Waals surface area contributed by atoms with Crippen LogP contribution in [0.25, 0.3) is 10.9 Å². The summed E-state index contributed by atoms with van der Waals surface area (Å²) in [6.07, 6.45) is 4.04. The molecular formula is C19H22N4O3S. The maximum absolute atomic E-state index is 10.8. The minimum absolute atomic E-state index is 0.279. The van der Waals surface area contributed by atoms with Crippen molar-refractivity contribution in [3.05, 3.63) is 60.3 Å². The summed E-state index contributed by atoms with van der Waals surface area (Å²) in [4.78, 5) is 0. The van der Waals surface area contributed by atoms with Gasteiger partial charge in [-0.05, 0) is 18.2 Å². The Morgan fingerprint density at radius 2 is 1.93 bits per heavy atom. The van der Waals surface area contributed by atoms with Crippen LogP contribution in [0, 0.1) is 0 Å². The van der Waals surface area contributed by atoms with Gasteiger partial charge in [-0.2, -0.15) is 9.78 Å². The number of nitrogens with zero attached hydrogens (tertiary/aromatic N) is 4. The van der Waals surface area contributed by atoms with Crippen LogP contribution in [-0.2, 0) is 23.7 Å². The molecule has 0 spiro atoms. The molecule has 2 aromatic carbocycles. The predicted octanol–water partition coefficient (Wildman–Crippen LogP) is 1.87. The first-order valence-electron chi connectivity index (χ1n) is 8.59. The maximum Gasteiger partial charge on any atom is 0.203 e. The summed E-state index contributed by atoms with van der Waals surface area (Å²) in [5.41, 5.74) is 2.93. The first kappa shape index (κ1) is 19.1. The molecule has 0 amide bonds. The number of fused-ring (bicyclic) bond motifs is 1. The molecule has 7 nitrogen and oxygen atoms in total. The molecule has 1 heterocycles. The molecule has 0 unspecified atom stereocenters. The van der Waals surface area contributed by atoms with Gasteiger partial charge in [-0.15, -0.1) is 4.68 Å². The van der Waals surface area contributed by atoms with Gasteiger partial charge < -0.3 is 4.55 Å². The van der Waals surface area contributed by atoms with Gasteiger partial charge in [-0.1, -0.05) is 30.3 Å². The lowest BCUT2D eigenvalue weighted by molar-refractivity contribution is -0.770. The number of benzene rings is 2. The molecule has 1 aromatic heterocycles. The van der Waals surface area contributed by atoms with Gasteiger partial charge in [-0.3, -0.25) is 5.01 Å². The van der Waals surface area contributed by atoms with E-state index in [-0.39, 0.29) is 12.2 Å². The van der Waals surface area contributed by atoms with E-state index in [4.69, 9.17) is 0 Å². The first-order valence-corrected chi connectivity index (χ1v) is 10.2. The minimum Gasteiger partial charge on any atom is -0.748 e. The second kappa shape index (κ2) is 7.89. The number of rotatable bonds is 7. The molecule has 0 saturated carbocycles. The highest BCUT2D eigenvalue weighted by Gasteiger charge is 2.15. The van der Waals surface area contributed by atoms with Crippen molar-refractivity contribution in [2.24, 2.45) is 12.1 Å². The van der Waals surface area contributed by atoms with E-state index in [1.54, 1.807) is 5.01 Å². The van der Waals surface area contributed by atoms with Gasteiger partial charge in [0.05, 0.1) is 34.5 Å². The summed E-state index contributed by atoms with van der Waals surface area (Å²) in [5, 5.41) is 7.35. The molecule has 3 aromatic rings. The number of hydrazone groups is 1. The Labute approximate surface area is 158 Å². The molecule has 0 saturated heterocycles. The number of anilines is 1. The van der Waals surface area contributed by atoms with Crippen molar-refractivity contribution in [3.8, 4) is 0 Å². The molecule has 3 rings (SSSR count). The fraction of sp³-hybridized carbons (Fsp3) is 0.263. The van der Waals surface area contributed by atoms with E-state index >= 15 is 0 Å². The fourth-order valence-electron chi connectivity index (χ4n) is 3.01. The van der Waals surface area contributed by atoms with Crippen LogP contribution in [0.1, 0.15) is 12.0 Å². The lowest BCUT2D eigenvalue weighted by Gasteiger charge is -2.12. The first-order chi connectivity index (χ1) is 12.8. The van der Waals surface area contributed by atoms with Crippen molar-refractivity contribution in [1.29, 1.82) is 0 Å². The largest absolute Gasteiger partial charge is 0.748 e. The van der Waals surface area contributed by atoms with E-state index in [2.05, 4.69) is 5.10 Å². The van der Waals surface area contributed by atoms with Gasteiger partial charge in [0, 0.05) is 24.8 Å². The summed E-state index contributed by atoms with van der Waals surface area (Å²) in [5.74, 6) is -0.363. The Morgan fingerprint density at radius 1 is 1.19 bits per heavy atom. The Balaban J connectivity index is 1.85. The molecule has 0 bridgehead atoms. The van der Waals surface area contributed by atoms with Crippen molar-refractivity contribution in [1.82, 2.24) is 4.68 Å². The molecule has 8 heteroatoms.